The highest BCUT2D eigenvalue weighted by Gasteiger charge is 2.26. The average Bonchev–Trinajstić information content (AvgIpc) is 2.60. The number of carbonyl (C=O) groups excluding carboxylic acids is 2. The van der Waals surface area contributed by atoms with Crippen molar-refractivity contribution in [1.29, 1.82) is 0 Å². The van der Waals surface area contributed by atoms with E-state index < -0.39 is 11.9 Å². The summed E-state index contributed by atoms with van der Waals surface area (Å²) in [5.41, 5.74) is 0.329. The Kier molecular flexibility index (Phi) is 6.80. The van der Waals surface area contributed by atoms with E-state index in [1.165, 1.54) is 30.7 Å². The molecule has 1 atom stereocenters. The Morgan fingerprint density at radius 1 is 1.21 bits per heavy atom. The number of hydrogen-bond acceptors (Lipinski definition) is 2. The van der Waals surface area contributed by atoms with Gasteiger partial charge in [0.05, 0.1) is 6.54 Å². The minimum absolute atomic E-state index is 0.131. The van der Waals surface area contributed by atoms with Crippen molar-refractivity contribution in [1.82, 2.24) is 10.6 Å². The van der Waals surface area contributed by atoms with Crippen LogP contribution in [0.2, 0.25) is 0 Å². The van der Waals surface area contributed by atoms with Crippen LogP contribution in [0.5, 0.6) is 0 Å². The number of nitrogens with one attached hydrogen (secondary N) is 2. The molecule has 0 aromatic heterocycles. The summed E-state index contributed by atoms with van der Waals surface area (Å²) in [7, 11) is 0. The molecule has 2 N–H and O–H groups in total. The summed E-state index contributed by atoms with van der Waals surface area (Å²) >= 11 is 0. The van der Waals surface area contributed by atoms with Gasteiger partial charge in [-0.05, 0) is 36.6 Å². The molecule has 1 fully saturated rings. The quantitative estimate of drug-likeness (QED) is 0.788. The molecule has 24 heavy (non-hydrogen) atoms. The normalized spacial score (nSPS) is 16.0. The van der Waals surface area contributed by atoms with Gasteiger partial charge >= 0.3 is 0 Å². The lowest BCUT2D eigenvalue weighted by molar-refractivity contribution is -0.123. The maximum Gasteiger partial charge on any atom is 0.251 e. The van der Waals surface area contributed by atoms with Gasteiger partial charge in [-0.3, -0.25) is 9.59 Å². The number of carbonyl (C=O) groups is 2. The molecule has 1 aromatic carbocycles. The first-order valence-electron chi connectivity index (χ1n) is 8.37. The molecule has 0 aliphatic heterocycles. The fourth-order valence-corrected chi connectivity index (χ4v) is 3.09. The van der Waals surface area contributed by atoms with E-state index >= 15 is 0 Å². The molecule has 2 rings (SSSR count). The topological polar surface area (TPSA) is 58.2 Å². The molecule has 0 saturated heterocycles. The van der Waals surface area contributed by atoms with Gasteiger partial charge in [-0.1, -0.05) is 38.0 Å². The van der Waals surface area contributed by atoms with Crippen molar-refractivity contribution in [2.45, 2.75) is 44.6 Å². The van der Waals surface area contributed by atoms with Crippen molar-refractivity contribution in [3.05, 3.63) is 35.6 Å². The molecule has 1 saturated carbocycles. The van der Waals surface area contributed by atoms with Crippen LogP contribution in [0.1, 0.15) is 48.9 Å². The van der Waals surface area contributed by atoms with Crippen LogP contribution in [-0.2, 0) is 4.79 Å². The van der Waals surface area contributed by atoms with E-state index in [4.69, 9.17) is 6.42 Å². The monoisotopic (exact) mass is 330 g/mol. The van der Waals surface area contributed by atoms with Gasteiger partial charge in [-0.25, -0.2) is 4.39 Å². The second-order valence-electron chi connectivity index (χ2n) is 6.19. The van der Waals surface area contributed by atoms with Crippen molar-refractivity contribution < 1.29 is 14.0 Å². The third-order valence-electron chi connectivity index (χ3n) is 4.39. The molecule has 4 nitrogen and oxygen atoms in total. The smallest absolute Gasteiger partial charge is 0.251 e. The Balaban J connectivity index is 2.03. The average molecular weight is 330 g/mol. The van der Waals surface area contributed by atoms with Gasteiger partial charge in [0.2, 0.25) is 5.91 Å². The Bertz CT molecular complexity index is 601. The third kappa shape index (κ3) is 5.38. The van der Waals surface area contributed by atoms with Gasteiger partial charge in [0.25, 0.3) is 5.91 Å². The van der Waals surface area contributed by atoms with Crippen molar-refractivity contribution in [3.63, 3.8) is 0 Å². The maximum absolute atomic E-state index is 13.0. The second kappa shape index (κ2) is 9.07. The molecule has 0 radical (unpaired) electrons. The first-order valence-corrected chi connectivity index (χ1v) is 8.37. The predicted octanol–water partition coefficient (Wildman–Crippen LogP) is 2.64. The second-order valence-corrected chi connectivity index (χ2v) is 6.19. The fourth-order valence-electron chi connectivity index (χ4n) is 3.09. The van der Waals surface area contributed by atoms with Crippen LogP contribution in [0.15, 0.2) is 24.3 Å². The predicted molar refractivity (Wildman–Crippen MR) is 90.7 cm³/mol. The van der Waals surface area contributed by atoms with Gasteiger partial charge in [-0.15, -0.1) is 6.42 Å². The SMILES string of the molecule is C#CCNC(=O)[C@H](CC1CCCCC1)NC(=O)c1ccc(F)cc1. The van der Waals surface area contributed by atoms with E-state index in [9.17, 15) is 14.0 Å². The molecule has 5 heteroatoms. The summed E-state index contributed by atoms with van der Waals surface area (Å²) in [5.74, 6) is 1.73. The highest BCUT2D eigenvalue weighted by molar-refractivity contribution is 5.97. The minimum Gasteiger partial charge on any atom is -0.343 e. The minimum atomic E-state index is -0.626. The largest absolute Gasteiger partial charge is 0.343 e. The number of benzene rings is 1. The number of halogens is 1. The van der Waals surface area contributed by atoms with Gasteiger partial charge in [0, 0.05) is 5.56 Å². The molecular weight excluding hydrogens is 307 g/mol. The third-order valence-corrected chi connectivity index (χ3v) is 4.39. The summed E-state index contributed by atoms with van der Waals surface area (Å²) in [4.78, 5) is 24.6. The molecule has 0 bridgehead atoms. The van der Waals surface area contributed by atoms with Gasteiger partial charge in [0.1, 0.15) is 11.9 Å². The van der Waals surface area contributed by atoms with Crippen molar-refractivity contribution >= 4 is 11.8 Å². The van der Waals surface area contributed by atoms with Crippen LogP contribution in [-0.4, -0.2) is 24.4 Å². The summed E-state index contributed by atoms with van der Waals surface area (Å²) in [6, 6.07) is 4.63. The zero-order valence-electron chi connectivity index (χ0n) is 13.7. The number of amides is 2. The van der Waals surface area contributed by atoms with Crippen LogP contribution in [0.4, 0.5) is 4.39 Å². The van der Waals surface area contributed by atoms with E-state index in [2.05, 4.69) is 16.6 Å². The highest BCUT2D eigenvalue weighted by Crippen LogP contribution is 2.27. The summed E-state index contributed by atoms with van der Waals surface area (Å²) in [6.07, 6.45) is 11.5. The molecule has 1 aliphatic carbocycles. The molecule has 1 aromatic rings. The van der Waals surface area contributed by atoms with Crippen molar-refractivity contribution in [3.8, 4) is 12.3 Å². The molecular formula is C19H23FN2O2. The van der Waals surface area contributed by atoms with E-state index in [1.807, 2.05) is 0 Å². The van der Waals surface area contributed by atoms with Gasteiger partial charge < -0.3 is 10.6 Å². The first-order chi connectivity index (χ1) is 11.6. The summed E-state index contributed by atoms with van der Waals surface area (Å²) in [6.45, 7) is 0.131. The van der Waals surface area contributed by atoms with Crippen LogP contribution < -0.4 is 10.6 Å². The highest BCUT2D eigenvalue weighted by atomic mass is 19.1. The molecule has 1 aliphatic rings. The van der Waals surface area contributed by atoms with Crippen molar-refractivity contribution in [2.75, 3.05) is 6.54 Å². The lowest BCUT2D eigenvalue weighted by atomic mass is 9.84. The van der Waals surface area contributed by atoms with E-state index in [0.717, 1.165) is 25.7 Å². The standard InChI is InChI=1S/C19H23FN2O2/c1-2-12-21-19(24)17(13-14-6-4-3-5-7-14)22-18(23)15-8-10-16(20)11-9-15/h1,8-11,14,17H,3-7,12-13H2,(H,21,24)(H,22,23)/t17-/m0/s1. The maximum atomic E-state index is 13.0. The molecule has 2 amide bonds. The zero-order chi connectivity index (χ0) is 17.4. The molecule has 0 unspecified atom stereocenters. The lowest BCUT2D eigenvalue weighted by Gasteiger charge is -2.26. The Morgan fingerprint density at radius 2 is 1.88 bits per heavy atom. The lowest BCUT2D eigenvalue weighted by Crippen LogP contribution is -2.48. The Hall–Kier alpha value is -2.35. The fraction of sp³-hybridized carbons (Fsp3) is 0.474. The Labute approximate surface area is 142 Å². The molecule has 0 heterocycles. The van der Waals surface area contributed by atoms with Crippen LogP contribution in [0.3, 0.4) is 0 Å². The molecule has 0 spiro atoms. The Morgan fingerprint density at radius 3 is 2.50 bits per heavy atom. The van der Waals surface area contributed by atoms with Gasteiger partial charge in [-0.2, -0.15) is 0 Å². The van der Waals surface area contributed by atoms with Crippen molar-refractivity contribution in [2.24, 2.45) is 5.92 Å². The number of terminal acetylenes is 1. The van der Waals surface area contributed by atoms with Gasteiger partial charge in [0.15, 0.2) is 0 Å². The molecule has 128 valence electrons. The van der Waals surface area contributed by atoms with E-state index in [1.54, 1.807) is 0 Å². The van der Waals surface area contributed by atoms with E-state index in [0.29, 0.717) is 17.9 Å². The summed E-state index contributed by atoms with van der Waals surface area (Å²) < 4.78 is 13.0. The van der Waals surface area contributed by atoms with E-state index in [-0.39, 0.29) is 18.4 Å². The summed E-state index contributed by atoms with van der Waals surface area (Å²) in [5, 5.41) is 5.40. The zero-order valence-corrected chi connectivity index (χ0v) is 13.7. The first kappa shape index (κ1) is 18.0. The van der Waals surface area contributed by atoms with Crippen LogP contribution in [0.25, 0.3) is 0 Å². The van der Waals surface area contributed by atoms with Crippen LogP contribution >= 0.6 is 0 Å². The van der Waals surface area contributed by atoms with Crippen LogP contribution in [0, 0.1) is 24.1 Å². The number of hydrogen-bond donors (Lipinski definition) is 2. The number of rotatable bonds is 6.